The number of nitrogens with one attached hydrogen (secondary N) is 1. The van der Waals surface area contributed by atoms with Crippen LogP contribution in [0.25, 0.3) is 22.0 Å². The fraction of sp³-hybridized carbons (Fsp3) is 0.320. The summed E-state index contributed by atoms with van der Waals surface area (Å²) >= 11 is 0. The molecule has 3 amide bonds. The van der Waals surface area contributed by atoms with E-state index in [1.54, 1.807) is 19.0 Å². The molecule has 1 N–H and O–H groups in total. The maximum atomic E-state index is 13.0. The molecule has 2 aromatic heterocycles. The highest BCUT2D eigenvalue weighted by molar-refractivity contribution is 5.93. The third-order valence-corrected chi connectivity index (χ3v) is 6.19. The lowest BCUT2D eigenvalue weighted by atomic mass is 9.98. The van der Waals surface area contributed by atoms with Crippen molar-refractivity contribution >= 4 is 39.6 Å². The van der Waals surface area contributed by atoms with Crippen molar-refractivity contribution in [2.45, 2.75) is 25.3 Å². The molecule has 8 nitrogen and oxygen atoms in total. The van der Waals surface area contributed by atoms with E-state index in [0.717, 1.165) is 40.5 Å². The van der Waals surface area contributed by atoms with Crippen LogP contribution in [-0.2, 0) is 11.3 Å². The third kappa shape index (κ3) is 4.28. The Kier molecular flexibility index (Phi) is 5.50. The summed E-state index contributed by atoms with van der Waals surface area (Å²) in [7, 11) is 3.49. The number of hydrogen-bond acceptors (Lipinski definition) is 4. The zero-order valence-electron chi connectivity index (χ0n) is 18.8. The van der Waals surface area contributed by atoms with Crippen molar-refractivity contribution in [2.24, 2.45) is 0 Å². The summed E-state index contributed by atoms with van der Waals surface area (Å²) in [5.41, 5.74) is 3.31. The Bertz CT molecular complexity index is 1290. The first-order chi connectivity index (χ1) is 16.0. The van der Waals surface area contributed by atoms with Crippen LogP contribution in [0.5, 0.6) is 0 Å². The number of likely N-dealkylation sites (tertiary alicyclic amines) is 1. The van der Waals surface area contributed by atoms with Gasteiger partial charge in [0.1, 0.15) is 12.1 Å². The van der Waals surface area contributed by atoms with E-state index in [9.17, 15) is 9.59 Å². The Morgan fingerprint density at radius 1 is 1.18 bits per heavy atom. The number of carbonyl (C=O) groups is 2. The van der Waals surface area contributed by atoms with E-state index >= 15 is 0 Å². The average Bonchev–Trinajstić information content (AvgIpc) is 3.43. The largest absolute Gasteiger partial charge is 0.440 e. The molecule has 1 atom stereocenters. The molecule has 1 aliphatic rings. The predicted octanol–water partition coefficient (Wildman–Crippen LogP) is 4.28. The van der Waals surface area contributed by atoms with E-state index in [-0.39, 0.29) is 24.4 Å². The number of aromatic nitrogens is 2. The second-order valence-corrected chi connectivity index (χ2v) is 8.74. The molecule has 1 saturated heterocycles. The van der Waals surface area contributed by atoms with Gasteiger partial charge in [0, 0.05) is 50.0 Å². The van der Waals surface area contributed by atoms with Gasteiger partial charge in [0.15, 0.2) is 11.5 Å². The molecule has 4 aromatic rings. The van der Waals surface area contributed by atoms with Gasteiger partial charge >= 0.3 is 6.03 Å². The van der Waals surface area contributed by atoms with Crippen molar-refractivity contribution in [3.8, 4) is 0 Å². The number of oxazole rings is 1. The second-order valence-electron chi connectivity index (χ2n) is 8.74. The van der Waals surface area contributed by atoms with Crippen LogP contribution in [0.15, 0.2) is 59.1 Å². The lowest BCUT2D eigenvalue weighted by Crippen LogP contribution is -2.41. The van der Waals surface area contributed by atoms with Gasteiger partial charge in [-0.2, -0.15) is 0 Å². The maximum absolute atomic E-state index is 13.0. The summed E-state index contributed by atoms with van der Waals surface area (Å²) in [4.78, 5) is 33.1. The number of amides is 3. The Balaban J connectivity index is 1.27. The summed E-state index contributed by atoms with van der Waals surface area (Å²) in [6, 6.07) is 15.3. The van der Waals surface area contributed by atoms with E-state index in [1.165, 1.54) is 0 Å². The first-order valence-electron chi connectivity index (χ1n) is 11.2. The smallest absolute Gasteiger partial charge is 0.321 e. The van der Waals surface area contributed by atoms with Crippen LogP contribution in [0.4, 0.5) is 10.5 Å². The zero-order valence-corrected chi connectivity index (χ0v) is 18.8. The molecule has 8 heteroatoms. The highest BCUT2D eigenvalue weighted by atomic mass is 16.3. The highest BCUT2D eigenvalue weighted by Gasteiger charge is 2.28. The summed E-state index contributed by atoms with van der Waals surface area (Å²) < 4.78 is 7.86. The number of nitrogens with zero attached hydrogens (tertiary/aromatic N) is 4. The molecule has 1 unspecified atom stereocenters. The van der Waals surface area contributed by atoms with Crippen LogP contribution >= 0.6 is 0 Å². The number of para-hydroxylation sites is 2. The number of hydrogen-bond donors (Lipinski definition) is 1. The molecule has 2 aromatic carbocycles. The predicted molar refractivity (Wildman–Crippen MR) is 127 cm³/mol. The number of fused-ring (bicyclic) bond motifs is 2. The Labute approximate surface area is 191 Å². The van der Waals surface area contributed by atoms with Gasteiger partial charge in [-0.3, -0.25) is 4.79 Å². The number of urea groups is 1. The van der Waals surface area contributed by atoms with Gasteiger partial charge in [-0.25, -0.2) is 9.78 Å². The Morgan fingerprint density at radius 3 is 2.85 bits per heavy atom. The van der Waals surface area contributed by atoms with Crippen LogP contribution < -0.4 is 5.32 Å². The molecular formula is C25H27N5O3. The first kappa shape index (κ1) is 21.1. The van der Waals surface area contributed by atoms with E-state index in [2.05, 4.69) is 10.3 Å². The monoisotopic (exact) mass is 445 g/mol. The minimum atomic E-state index is -0.127. The fourth-order valence-electron chi connectivity index (χ4n) is 4.33. The molecule has 0 saturated carbocycles. The minimum absolute atomic E-state index is 0.0310. The van der Waals surface area contributed by atoms with Crippen LogP contribution in [0.3, 0.4) is 0 Å². The quantitative estimate of drug-likeness (QED) is 0.508. The van der Waals surface area contributed by atoms with Crippen LogP contribution in [-0.4, -0.2) is 58.5 Å². The number of carbonyl (C=O) groups excluding carboxylic acids is 2. The van der Waals surface area contributed by atoms with E-state index in [0.29, 0.717) is 19.0 Å². The van der Waals surface area contributed by atoms with Gasteiger partial charge in [0.05, 0.1) is 5.92 Å². The van der Waals surface area contributed by atoms with Gasteiger partial charge in [0.2, 0.25) is 5.91 Å². The molecular weight excluding hydrogens is 418 g/mol. The van der Waals surface area contributed by atoms with Crippen molar-refractivity contribution in [3.05, 3.63) is 60.6 Å². The summed E-state index contributed by atoms with van der Waals surface area (Å²) in [5, 5.41) is 4.00. The van der Waals surface area contributed by atoms with Crippen molar-refractivity contribution < 1.29 is 14.0 Å². The molecule has 170 valence electrons. The number of anilines is 1. The molecule has 3 heterocycles. The lowest BCUT2D eigenvalue weighted by Gasteiger charge is -2.31. The van der Waals surface area contributed by atoms with Crippen molar-refractivity contribution in [3.63, 3.8) is 0 Å². The standard InChI is InChI=1S/C25H27N5O3/c1-28(2)23(31)16-29-13-11-17-14-19(9-10-21(17)29)26-25(32)30-12-5-6-18(15-30)24-27-20-7-3-4-8-22(20)33-24/h3-4,7-11,13-14,18H,5-6,12,15-16H2,1-2H3,(H,26,32). The fourth-order valence-corrected chi connectivity index (χ4v) is 4.33. The Morgan fingerprint density at radius 2 is 2.03 bits per heavy atom. The highest BCUT2D eigenvalue weighted by Crippen LogP contribution is 2.29. The molecule has 1 aliphatic heterocycles. The van der Waals surface area contributed by atoms with Crippen molar-refractivity contribution in [1.82, 2.24) is 19.4 Å². The number of benzene rings is 2. The molecule has 5 rings (SSSR count). The maximum Gasteiger partial charge on any atom is 0.321 e. The number of likely N-dealkylation sites (N-methyl/N-ethyl adjacent to an activating group) is 1. The SMILES string of the molecule is CN(C)C(=O)Cn1ccc2cc(NC(=O)N3CCCC(c4nc5ccccc5o4)C3)ccc21. The lowest BCUT2D eigenvalue weighted by molar-refractivity contribution is -0.129. The van der Waals surface area contributed by atoms with Crippen LogP contribution in [0.1, 0.15) is 24.7 Å². The van der Waals surface area contributed by atoms with E-state index in [4.69, 9.17) is 4.42 Å². The number of piperidine rings is 1. The molecule has 0 aliphatic carbocycles. The van der Waals surface area contributed by atoms with Gasteiger partial charge in [-0.05, 0) is 49.2 Å². The third-order valence-electron chi connectivity index (χ3n) is 6.19. The van der Waals surface area contributed by atoms with Gasteiger partial charge in [-0.15, -0.1) is 0 Å². The normalized spacial score (nSPS) is 16.3. The molecule has 0 radical (unpaired) electrons. The molecule has 33 heavy (non-hydrogen) atoms. The first-order valence-corrected chi connectivity index (χ1v) is 11.2. The van der Waals surface area contributed by atoms with Crippen molar-refractivity contribution in [2.75, 3.05) is 32.5 Å². The van der Waals surface area contributed by atoms with Crippen molar-refractivity contribution in [1.29, 1.82) is 0 Å². The summed E-state index contributed by atoms with van der Waals surface area (Å²) in [6.07, 6.45) is 3.74. The topological polar surface area (TPSA) is 83.6 Å². The van der Waals surface area contributed by atoms with Gasteiger partial charge in [-0.1, -0.05) is 12.1 Å². The van der Waals surface area contributed by atoms with Crippen LogP contribution in [0, 0.1) is 0 Å². The van der Waals surface area contributed by atoms with Gasteiger partial charge < -0.3 is 24.1 Å². The molecule has 0 bridgehead atoms. The second kappa shape index (κ2) is 8.61. The van der Waals surface area contributed by atoms with Crippen LogP contribution in [0.2, 0.25) is 0 Å². The average molecular weight is 446 g/mol. The molecule has 0 spiro atoms. The number of rotatable bonds is 4. The van der Waals surface area contributed by atoms with E-state index < -0.39 is 0 Å². The Hall–Kier alpha value is -3.81. The summed E-state index contributed by atoms with van der Waals surface area (Å²) in [5.74, 6) is 0.815. The molecule has 1 fully saturated rings. The van der Waals surface area contributed by atoms with Gasteiger partial charge in [0.25, 0.3) is 0 Å². The minimum Gasteiger partial charge on any atom is -0.440 e. The summed E-state index contributed by atoms with van der Waals surface area (Å²) in [6.45, 7) is 1.56. The van der Waals surface area contributed by atoms with E-state index in [1.807, 2.05) is 64.2 Å². The zero-order chi connectivity index (χ0) is 22.9.